The topological polar surface area (TPSA) is 76.1 Å². The van der Waals surface area contributed by atoms with Crippen molar-refractivity contribution >= 4 is 11.9 Å². The van der Waals surface area contributed by atoms with E-state index in [-0.39, 0.29) is 29.1 Å². The van der Waals surface area contributed by atoms with Crippen LogP contribution in [0.15, 0.2) is 17.7 Å². The Morgan fingerprint density at radius 2 is 2.03 bits per heavy atom. The van der Waals surface area contributed by atoms with Crippen molar-refractivity contribution in [1.82, 2.24) is 4.90 Å². The third kappa shape index (κ3) is 4.32. The van der Waals surface area contributed by atoms with Crippen molar-refractivity contribution in [2.75, 3.05) is 13.7 Å². The summed E-state index contributed by atoms with van der Waals surface area (Å²) in [4.78, 5) is 27.8. The molecule has 3 atom stereocenters. The van der Waals surface area contributed by atoms with Crippen molar-refractivity contribution in [2.24, 2.45) is 5.92 Å². The fourth-order valence-electron chi connectivity index (χ4n) is 6.15. The van der Waals surface area contributed by atoms with E-state index in [4.69, 9.17) is 9.47 Å². The van der Waals surface area contributed by atoms with E-state index >= 15 is 0 Å². The van der Waals surface area contributed by atoms with Gasteiger partial charge in [-0.2, -0.15) is 0 Å². The Morgan fingerprint density at radius 3 is 2.74 bits per heavy atom. The molecule has 0 aromatic heterocycles. The molecule has 1 aromatic carbocycles. The molecule has 34 heavy (non-hydrogen) atoms. The highest BCUT2D eigenvalue weighted by Gasteiger charge is 2.47. The van der Waals surface area contributed by atoms with Gasteiger partial charge in [-0.05, 0) is 70.9 Å². The summed E-state index contributed by atoms with van der Waals surface area (Å²) in [6.45, 7) is 9.01. The smallest absolute Gasteiger partial charge is 0.328 e. The van der Waals surface area contributed by atoms with Crippen LogP contribution in [-0.2, 0) is 16.0 Å². The molecular formula is C28H39NO5. The second kappa shape index (κ2) is 9.63. The van der Waals surface area contributed by atoms with Crippen LogP contribution in [0.4, 0.5) is 0 Å². The van der Waals surface area contributed by atoms with E-state index in [2.05, 4.69) is 33.8 Å². The Hall–Kier alpha value is -2.50. The number of aryl methyl sites for hydroxylation is 1. The van der Waals surface area contributed by atoms with Crippen LogP contribution >= 0.6 is 0 Å². The molecule has 0 saturated carbocycles. The van der Waals surface area contributed by atoms with Crippen molar-refractivity contribution in [3.05, 3.63) is 34.4 Å². The summed E-state index contributed by atoms with van der Waals surface area (Å²) in [5, 5.41) is 11.7. The number of phenols is 1. The van der Waals surface area contributed by atoms with Gasteiger partial charge in [0, 0.05) is 23.9 Å². The minimum atomic E-state index is -0.601. The molecule has 3 aliphatic rings. The number of hydrogen-bond donors (Lipinski definition) is 1. The summed E-state index contributed by atoms with van der Waals surface area (Å²) in [6, 6.07) is 1.38. The van der Waals surface area contributed by atoms with Crippen LogP contribution in [-0.4, -0.2) is 47.2 Å². The number of nitrogens with zero attached hydrogens (tertiary/aromatic N) is 1. The molecule has 6 nitrogen and oxygen atoms in total. The number of carbonyl (C=O) groups is 2. The van der Waals surface area contributed by atoms with Crippen molar-refractivity contribution in [3.63, 3.8) is 0 Å². The van der Waals surface area contributed by atoms with Gasteiger partial charge in [-0.25, -0.2) is 4.79 Å². The number of carbonyl (C=O) groups excluding carboxylic acids is 2. The van der Waals surface area contributed by atoms with E-state index < -0.39 is 12.0 Å². The molecule has 2 aliphatic heterocycles. The molecule has 1 aliphatic carbocycles. The fraction of sp³-hybridized carbons (Fsp3) is 0.643. The lowest BCUT2D eigenvalue weighted by molar-refractivity contribution is -0.145. The van der Waals surface area contributed by atoms with Crippen LogP contribution in [0.25, 0.3) is 0 Å². The number of rotatable bonds is 6. The Bertz CT molecular complexity index is 995. The largest absolute Gasteiger partial charge is 0.507 e. The SMILES string of the molecule is CCCCCc1cc2c(c(O)c1C(=O)N1CCCC1C(=O)OC)C1C=C(C)CCC1C(C)(C)O2. The molecular weight excluding hydrogens is 430 g/mol. The number of esters is 1. The maximum Gasteiger partial charge on any atom is 0.328 e. The van der Waals surface area contributed by atoms with Gasteiger partial charge >= 0.3 is 5.97 Å². The number of aromatic hydroxyl groups is 1. The second-order valence-corrected chi connectivity index (χ2v) is 10.7. The van der Waals surface area contributed by atoms with Crippen LogP contribution in [0.2, 0.25) is 0 Å². The molecule has 1 amide bonds. The Kier molecular flexibility index (Phi) is 6.97. The number of ether oxygens (including phenoxy) is 2. The number of amides is 1. The average Bonchev–Trinajstić information content (AvgIpc) is 3.27. The minimum absolute atomic E-state index is 0.00118. The van der Waals surface area contributed by atoms with Crippen molar-refractivity contribution in [3.8, 4) is 11.5 Å². The molecule has 0 radical (unpaired) electrons. The molecule has 2 heterocycles. The first-order valence-corrected chi connectivity index (χ1v) is 12.8. The molecule has 1 N–H and O–H groups in total. The molecule has 4 rings (SSSR count). The van der Waals surface area contributed by atoms with Crippen LogP contribution in [0.3, 0.4) is 0 Å². The lowest BCUT2D eigenvalue weighted by atomic mass is 9.67. The van der Waals surface area contributed by atoms with Crippen LogP contribution < -0.4 is 4.74 Å². The van der Waals surface area contributed by atoms with Gasteiger partial charge in [0.25, 0.3) is 5.91 Å². The Balaban J connectivity index is 1.84. The summed E-state index contributed by atoms with van der Waals surface area (Å²) < 4.78 is 11.5. The normalized spacial score (nSPS) is 25.1. The lowest BCUT2D eigenvalue weighted by Crippen LogP contribution is -2.45. The lowest BCUT2D eigenvalue weighted by Gasteiger charge is -2.46. The van der Waals surface area contributed by atoms with Gasteiger partial charge < -0.3 is 19.5 Å². The number of phenolic OH excluding ortho intramolecular Hbond substituents is 1. The Morgan fingerprint density at radius 1 is 1.26 bits per heavy atom. The maximum absolute atomic E-state index is 13.9. The first-order valence-electron chi connectivity index (χ1n) is 12.8. The quantitative estimate of drug-likeness (QED) is 0.338. The predicted molar refractivity (Wildman–Crippen MR) is 131 cm³/mol. The Labute approximate surface area is 203 Å². The van der Waals surface area contributed by atoms with Crippen molar-refractivity contribution < 1.29 is 24.2 Å². The van der Waals surface area contributed by atoms with E-state index in [9.17, 15) is 14.7 Å². The summed E-state index contributed by atoms with van der Waals surface area (Å²) in [7, 11) is 1.35. The molecule has 1 saturated heterocycles. The van der Waals surface area contributed by atoms with Gasteiger partial charge in [0.2, 0.25) is 0 Å². The van der Waals surface area contributed by atoms with Crippen LogP contribution in [0, 0.1) is 5.92 Å². The molecule has 1 fully saturated rings. The van der Waals surface area contributed by atoms with Gasteiger partial charge in [-0.1, -0.05) is 31.4 Å². The van der Waals surface area contributed by atoms with Crippen molar-refractivity contribution in [1.29, 1.82) is 0 Å². The van der Waals surface area contributed by atoms with Crippen LogP contribution in [0.5, 0.6) is 11.5 Å². The third-order valence-corrected chi connectivity index (χ3v) is 7.98. The molecule has 6 heteroatoms. The summed E-state index contributed by atoms with van der Waals surface area (Å²) in [5.74, 6) is 0.255. The number of likely N-dealkylation sites (tertiary alicyclic amines) is 1. The van der Waals surface area contributed by atoms with Gasteiger partial charge in [-0.3, -0.25) is 4.79 Å². The van der Waals surface area contributed by atoms with Gasteiger partial charge in [0.1, 0.15) is 23.1 Å². The maximum atomic E-state index is 13.9. The number of fused-ring (bicyclic) bond motifs is 3. The summed E-state index contributed by atoms with van der Waals surface area (Å²) >= 11 is 0. The molecule has 0 bridgehead atoms. The van der Waals surface area contributed by atoms with Gasteiger partial charge in [-0.15, -0.1) is 0 Å². The van der Waals surface area contributed by atoms with E-state index in [1.54, 1.807) is 4.90 Å². The van der Waals surface area contributed by atoms with E-state index in [1.807, 2.05) is 6.07 Å². The standard InChI is InChI=1S/C28H39NO5/c1-6-7-8-10-18-16-22-24(19-15-17(2)12-13-20(19)28(3,4)34-22)25(30)23(18)26(31)29-14-9-11-21(29)27(32)33-5/h15-16,19-21,30H,6-14H2,1-5H3. The molecule has 0 spiro atoms. The van der Waals surface area contributed by atoms with Gasteiger partial charge in [0.05, 0.1) is 12.7 Å². The summed E-state index contributed by atoms with van der Waals surface area (Å²) in [6.07, 6.45) is 9.27. The number of benzene rings is 1. The zero-order valence-electron chi connectivity index (χ0n) is 21.3. The monoisotopic (exact) mass is 469 g/mol. The number of hydrogen-bond acceptors (Lipinski definition) is 5. The highest BCUT2D eigenvalue weighted by molar-refractivity contribution is 6.01. The zero-order chi connectivity index (χ0) is 24.6. The summed E-state index contributed by atoms with van der Waals surface area (Å²) in [5.41, 5.74) is 2.80. The van der Waals surface area contributed by atoms with Gasteiger partial charge in [0.15, 0.2) is 0 Å². The van der Waals surface area contributed by atoms with E-state index in [0.29, 0.717) is 30.7 Å². The molecule has 3 unspecified atom stereocenters. The van der Waals surface area contributed by atoms with E-state index in [1.165, 1.54) is 12.7 Å². The van der Waals surface area contributed by atoms with Crippen LogP contribution in [0.1, 0.15) is 100 Å². The fourth-order valence-corrected chi connectivity index (χ4v) is 6.15. The third-order valence-electron chi connectivity index (χ3n) is 7.98. The zero-order valence-corrected chi connectivity index (χ0v) is 21.3. The first kappa shape index (κ1) is 24.6. The molecule has 1 aromatic rings. The molecule has 186 valence electrons. The van der Waals surface area contributed by atoms with Crippen molar-refractivity contribution in [2.45, 2.75) is 96.6 Å². The predicted octanol–water partition coefficient (Wildman–Crippen LogP) is 5.51. The number of allylic oxidation sites excluding steroid dienone is 2. The highest BCUT2D eigenvalue weighted by atomic mass is 16.5. The first-order chi connectivity index (χ1) is 16.2. The minimum Gasteiger partial charge on any atom is -0.507 e. The highest BCUT2D eigenvalue weighted by Crippen LogP contribution is 2.54. The number of methoxy groups -OCH3 is 1. The average molecular weight is 470 g/mol. The second-order valence-electron chi connectivity index (χ2n) is 10.7. The van der Waals surface area contributed by atoms with E-state index in [0.717, 1.165) is 49.7 Å². The number of unbranched alkanes of at least 4 members (excludes halogenated alkanes) is 2.